The number of carboxylic acid groups (broad SMARTS) is 1. The summed E-state index contributed by atoms with van der Waals surface area (Å²) in [7, 11) is -7.14. The second-order valence-corrected chi connectivity index (χ2v) is 38.2. The molecule has 0 aliphatic heterocycles. The van der Waals surface area contributed by atoms with Gasteiger partial charge in [0.05, 0.1) is 64.6 Å². The summed E-state index contributed by atoms with van der Waals surface area (Å²) in [5, 5.41) is 34.7. The number of ether oxygens (including phenoxy) is 3. The number of rotatable bonds is 18. The predicted octanol–water partition coefficient (Wildman–Crippen LogP) is 9.42. The average Bonchev–Trinajstić information content (AvgIpc) is 0.810. The molecule has 0 spiro atoms. The van der Waals surface area contributed by atoms with Gasteiger partial charge in [-0.25, -0.2) is 74.2 Å². The number of hydrogen-bond donors (Lipinski definition) is 9. The van der Waals surface area contributed by atoms with Crippen molar-refractivity contribution in [3.8, 4) is 22.3 Å². The molecule has 40 heteroatoms. The average molecular weight is 1930 g/mol. The van der Waals surface area contributed by atoms with E-state index in [2.05, 4.69) is 50.8 Å². The molecule has 121 heavy (non-hydrogen) atoms. The maximum atomic E-state index is 13.9. The minimum Gasteiger partial charge on any atom is -1.00 e. The molecule has 0 atom stereocenters. The van der Waals surface area contributed by atoms with Gasteiger partial charge in [0.15, 0.2) is 17.4 Å². The van der Waals surface area contributed by atoms with Gasteiger partial charge >= 0.3 is 49.9 Å². The van der Waals surface area contributed by atoms with Crippen molar-refractivity contribution in [2.75, 3.05) is 27.9 Å². The third kappa shape index (κ3) is 36.4. The number of aliphatic carboxylic acids is 1. The normalized spacial score (nSPS) is 20.6. The van der Waals surface area contributed by atoms with E-state index in [1.54, 1.807) is 36.4 Å². The molecule has 0 radical (unpaired) electrons. The van der Waals surface area contributed by atoms with E-state index in [0.717, 1.165) is 110 Å². The molecule has 5 saturated carbocycles. The number of aliphatic hydroxyl groups is 1. The van der Waals surface area contributed by atoms with Crippen molar-refractivity contribution >= 4 is 135 Å². The third-order valence-corrected chi connectivity index (χ3v) is 27.3. The maximum absolute atomic E-state index is 13.9. The fourth-order valence-corrected chi connectivity index (χ4v) is 18.6. The van der Waals surface area contributed by atoms with Crippen molar-refractivity contribution in [2.24, 2.45) is 41.1 Å². The molecule has 24 nitrogen and oxygen atoms in total. The van der Waals surface area contributed by atoms with Crippen LogP contribution in [0.5, 0.6) is 0 Å². The number of carbonyl (C=O) groups is 4. The Bertz CT molecular complexity index is 4900. The number of halogens is 9. The van der Waals surface area contributed by atoms with Crippen LogP contribution in [0, 0.1) is 64.5 Å². The van der Waals surface area contributed by atoms with E-state index in [9.17, 15) is 79.2 Å². The van der Waals surface area contributed by atoms with Crippen LogP contribution in [-0.4, -0.2) is 160 Å². The molecule has 0 saturated heterocycles. The predicted molar refractivity (Wildman–Crippen MR) is 458 cm³/mol. The largest absolute Gasteiger partial charge is 1.00 e. The van der Waals surface area contributed by atoms with Crippen LogP contribution in [0.1, 0.15) is 137 Å². The second-order valence-electron chi connectivity index (χ2n) is 28.7. The van der Waals surface area contributed by atoms with Crippen molar-refractivity contribution in [3.63, 3.8) is 0 Å². The number of carboxylic acids is 1. The number of esters is 3. The van der Waals surface area contributed by atoms with Crippen molar-refractivity contribution in [2.45, 2.75) is 186 Å². The fourth-order valence-electron chi connectivity index (χ4n) is 13.4. The molecule has 0 bridgehead atoms. The van der Waals surface area contributed by atoms with E-state index >= 15 is 0 Å². The van der Waals surface area contributed by atoms with Gasteiger partial charge in [-0.1, -0.05) is 69.6 Å². The summed E-state index contributed by atoms with van der Waals surface area (Å²) in [4.78, 5) is 45.0. The van der Waals surface area contributed by atoms with Gasteiger partial charge in [0.1, 0.15) is 34.9 Å². The first-order valence-electron chi connectivity index (χ1n) is 37.7. The van der Waals surface area contributed by atoms with Gasteiger partial charge in [-0.05, 0) is 249 Å². The van der Waals surface area contributed by atoms with Crippen molar-refractivity contribution in [3.05, 3.63) is 196 Å². The summed E-state index contributed by atoms with van der Waals surface area (Å²) < 4.78 is 199. The van der Waals surface area contributed by atoms with Crippen LogP contribution in [0.2, 0.25) is 0 Å². The molecular formula is C81H105AlBBr2ClF6LiN5O19S4. The molecule has 7 aromatic carbocycles. The number of carbonyl (C=O) groups excluding carboxylic acids is 3. The number of nitrogens with one attached hydrogen (secondary N) is 3. The van der Waals surface area contributed by atoms with Crippen molar-refractivity contribution in [1.82, 2.24) is 14.2 Å². The topological polar surface area (TPSA) is 402 Å². The number of hydrogen-bond acceptors (Lipinski definition) is 20. The van der Waals surface area contributed by atoms with Gasteiger partial charge in [0.25, 0.3) is 9.05 Å². The minimum atomic E-state index is -3.74. The zero-order chi connectivity index (χ0) is 87.2. The Hall–Kier alpha value is -6.08. The van der Waals surface area contributed by atoms with Crippen LogP contribution < -0.4 is 50.0 Å². The molecule has 662 valence electrons. The van der Waals surface area contributed by atoms with Crippen LogP contribution >= 0.6 is 42.5 Å². The van der Waals surface area contributed by atoms with E-state index in [4.69, 9.17) is 51.9 Å². The molecule has 0 unspecified atom stereocenters. The molecule has 7 aromatic rings. The molecular weight excluding hydrogens is 1830 g/mol. The third-order valence-electron chi connectivity index (χ3n) is 20.3. The van der Waals surface area contributed by atoms with Gasteiger partial charge in [0.2, 0.25) is 30.1 Å². The summed E-state index contributed by atoms with van der Waals surface area (Å²) >= 11 is 6.45. The van der Waals surface area contributed by atoms with Crippen LogP contribution in [0.4, 0.5) is 26.3 Å². The summed E-state index contributed by atoms with van der Waals surface area (Å²) in [5.74, 6) is -5.70. The van der Waals surface area contributed by atoms with Crippen LogP contribution in [0.3, 0.4) is 0 Å². The van der Waals surface area contributed by atoms with E-state index in [-0.39, 0.29) is 160 Å². The van der Waals surface area contributed by atoms with Gasteiger partial charge < -0.3 is 47.4 Å². The zero-order valence-corrected chi connectivity index (χ0v) is 72.9. The smallest absolute Gasteiger partial charge is 1.00 e. The van der Waals surface area contributed by atoms with Gasteiger partial charge in [-0.3, -0.25) is 19.2 Å². The Morgan fingerprint density at radius 1 is 0.438 bits per heavy atom. The van der Waals surface area contributed by atoms with Gasteiger partial charge in [0, 0.05) is 91.2 Å². The Kier molecular flexibility index (Phi) is 47.6. The monoisotopic (exact) mass is 1930 g/mol. The van der Waals surface area contributed by atoms with Crippen LogP contribution in [-0.2, 0) is 72.5 Å². The molecule has 5 aliphatic rings. The first kappa shape index (κ1) is 109. The Morgan fingerprint density at radius 2 is 0.711 bits per heavy atom. The maximum Gasteiger partial charge on any atom is 1.00 e. The van der Waals surface area contributed by atoms with E-state index in [0.29, 0.717) is 87.4 Å². The Labute approximate surface area is 750 Å². The SMILES string of the molecule is C.COC(=O)C1CCC(N)CC1.COC(=O)C1CCC(NS(=O)(=O)c2ccc(-c3ccc(F)cc3F)cc2)CC1.COC(=O)C1CCC(NS(=O)(=O)c2ccc(Br)cc2)CC1.NC1CCC(C(=O)O)CC1.O=S(=O)(Cl)c1ccc(Br)cc1.O=S(=O)(NC1CCC(CO)CC1)c1ccc(-c2ccc(F)cc2F)cc1.OB(O)c1ccc(F)cc1F.[AlH3].[H-].[Li+]. The summed E-state index contributed by atoms with van der Waals surface area (Å²) in [5.41, 5.74) is 12.3. The molecule has 0 amide bonds. The van der Waals surface area contributed by atoms with Crippen LogP contribution in [0.15, 0.2) is 180 Å². The molecule has 5 fully saturated rings. The summed E-state index contributed by atoms with van der Waals surface area (Å²) in [6, 6.07) is 33.3. The second kappa shape index (κ2) is 52.8. The van der Waals surface area contributed by atoms with Gasteiger partial charge in [-0.2, -0.15) is 0 Å². The molecule has 12 rings (SSSR count). The molecule has 0 heterocycles. The van der Waals surface area contributed by atoms with Crippen molar-refractivity contribution in [1.29, 1.82) is 0 Å². The minimum absolute atomic E-state index is 0. The number of benzene rings is 7. The number of sulfonamides is 3. The van der Waals surface area contributed by atoms with Gasteiger partial charge in [-0.15, -0.1) is 0 Å². The first-order valence-corrected chi connectivity index (χ1v) is 46.0. The first-order chi connectivity index (χ1) is 55.6. The number of methoxy groups -OCH3 is 3. The van der Waals surface area contributed by atoms with E-state index in [1.165, 1.54) is 94.1 Å². The molecule has 0 aromatic heterocycles. The number of aliphatic hydroxyl groups excluding tert-OH is 1. The zero-order valence-electron chi connectivity index (χ0n) is 66.7. The Morgan fingerprint density at radius 3 is 0.983 bits per heavy atom. The number of nitrogens with two attached hydrogens (primary N) is 2. The standard InChI is InChI=1S/C20H21F2NO4S.C19H21F2NO3S.C14H18BrNO4S.C8H15NO2.C7H13NO2.C6H5BF2O2.C6H4BrClO2S.CH4.Al.Li.4H/c1-27-20(24)14-2-7-16(8-3-14)23-28(25,26)17-9-4-13(5-10-17)18-11-6-15(21)12-19(18)22;20-15-5-10-18(19(21)11-15)14-3-8-17(9-4-14)26(24,25)22-16-6-1-13(12-23)2-7-16;1-20-14(17)10-2-6-12(7-3-10)16-21(18,19)13-8-4-11(15)5-9-13;1-11-8(10)6-2-4-7(9)5-3-6;8-6-3-1-5(2-4-6)7(9)10;8-4-1-2-5(7(10)11)6(9)3-4;7-5-1-3-6(4-2-5)11(8,9)10;;;;;;;/h4-6,9-12,14,16,23H,2-3,7-8H2,1H3;3-5,8-11,13,16,22-23H,1-2,6-7,12H2;4-5,8-10,12,16H,2-3,6-7H2,1H3;6-7H,2-5,9H2,1H3;5-6H,1-4,8H2,(H,9,10);1-3,10-11H;1-4H;1H4;;;;;;/q;;;;;;;;;+1;;;;-1. The quantitative estimate of drug-likeness (QED) is 0.0127. The Balaban J connectivity index is 0.000000498. The van der Waals surface area contributed by atoms with Crippen LogP contribution in [0.25, 0.3) is 22.3 Å². The van der Waals surface area contributed by atoms with E-state index < -0.39 is 87.1 Å². The summed E-state index contributed by atoms with van der Waals surface area (Å²) in [6.07, 6.45) is 14.8. The van der Waals surface area contributed by atoms with E-state index in [1.807, 2.05) is 0 Å². The fraction of sp³-hybridized carbons (Fsp3) is 0.432. The molecule has 11 N–H and O–H groups in total. The molecule has 5 aliphatic carbocycles. The van der Waals surface area contributed by atoms with Crippen molar-refractivity contribution < 1.29 is 134 Å². The summed E-state index contributed by atoms with van der Waals surface area (Å²) in [6.45, 7) is 0.140.